The standard InChI is InChI=1S/C24H42N2O3S/c1-7-8-13-21(22(27)14-9-11-20-12-10-15-30-20)25-17-19(16-18(2)3)26-23(28)29-24(4,5)6/h10,12,15,18-19,21,25H,7-9,11,13-14,16-17H2,1-6H3,(H,26,28)/t19-,21+/m1/s1. The quantitative estimate of drug-likeness (QED) is 0.389. The first-order valence-electron chi connectivity index (χ1n) is 11.4. The van der Waals surface area contributed by atoms with E-state index in [1.165, 1.54) is 4.88 Å². The van der Waals surface area contributed by atoms with Crippen molar-refractivity contribution < 1.29 is 14.3 Å². The molecule has 0 unspecified atom stereocenters. The molecule has 0 aromatic carbocycles. The minimum Gasteiger partial charge on any atom is -0.444 e. The number of ketones is 1. The summed E-state index contributed by atoms with van der Waals surface area (Å²) in [6, 6.07) is 3.96. The number of unbranched alkanes of at least 4 members (excludes halogenated alkanes) is 1. The predicted octanol–water partition coefficient (Wildman–Crippen LogP) is 5.73. The van der Waals surface area contributed by atoms with Gasteiger partial charge in [-0.15, -0.1) is 11.3 Å². The largest absolute Gasteiger partial charge is 0.444 e. The van der Waals surface area contributed by atoms with Gasteiger partial charge >= 0.3 is 6.09 Å². The molecule has 6 heteroatoms. The summed E-state index contributed by atoms with van der Waals surface area (Å²) in [5.74, 6) is 0.711. The Morgan fingerprint density at radius 1 is 1.20 bits per heavy atom. The van der Waals surface area contributed by atoms with E-state index in [9.17, 15) is 9.59 Å². The lowest BCUT2D eigenvalue weighted by Gasteiger charge is -2.26. The zero-order chi connectivity index (χ0) is 22.6. The Labute approximate surface area is 187 Å². The van der Waals surface area contributed by atoms with Gasteiger partial charge < -0.3 is 15.4 Å². The summed E-state index contributed by atoms with van der Waals surface area (Å²) >= 11 is 1.75. The molecule has 0 spiro atoms. The maximum Gasteiger partial charge on any atom is 0.407 e. The van der Waals surface area contributed by atoms with Crippen molar-refractivity contribution in [3.63, 3.8) is 0 Å². The van der Waals surface area contributed by atoms with Crippen LogP contribution in [0.25, 0.3) is 0 Å². The van der Waals surface area contributed by atoms with Crippen LogP contribution in [0.3, 0.4) is 0 Å². The van der Waals surface area contributed by atoms with E-state index in [0.717, 1.165) is 38.5 Å². The van der Waals surface area contributed by atoms with Crippen LogP contribution in [0.5, 0.6) is 0 Å². The number of carbonyl (C=O) groups excluding carboxylic acids is 2. The zero-order valence-electron chi connectivity index (χ0n) is 19.8. The van der Waals surface area contributed by atoms with Crippen LogP contribution in [0.1, 0.15) is 84.9 Å². The molecule has 172 valence electrons. The van der Waals surface area contributed by atoms with Crippen molar-refractivity contribution in [3.8, 4) is 0 Å². The molecule has 0 saturated heterocycles. The molecular weight excluding hydrogens is 396 g/mol. The molecule has 2 N–H and O–H groups in total. The summed E-state index contributed by atoms with van der Waals surface area (Å²) in [5, 5.41) is 8.52. The van der Waals surface area contributed by atoms with E-state index < -0.39 is 11.7 Å². The van der Waals surface area contributed by atoms with Gasteiger partial charge in [0.25, 0.3) is 0 Å². The van der Waals surface area contributed by atoms with E-state index in [4.69, 9.17) is 4.74 Å². The van der Waals surface area contributed by atoms with Crippen LogP contribution in [0.4, 0.5) is 4.79 Å². The van der Waals surface area contributed by atoms with E-state index in [-0.39, 0.29) is 17.9 Å². The first-order valence-corrected chi connectivity index (χ1v) is 12.3. The summed E-state index contributed by atoms with van der Waals surface area (Å²) in [6.45, 7) is 12.6. The molecule has 30 heavy (non-hydrogen) atoms. The average molecular weight is 439 g/mol. The second-order valence-electron chi connectivity index (χ2n) is 9.47. The predicted molar refractivity (Wildman–Crippen MR) is 126 cm³/mol. The molecule has 0 bridgehead atoms. The summed E-state index contributed by atoms with van der Waals surface area (Å²) < 4.78 is 5.41. The molecule has 2 atom stereocenters. The summed E-state index contributed by atoms with van der Waals surface area (Å²) in [7, 11) is 0. The highest BCUT2D eigenvalue weighted by molar-refractivity contribution is 7.09. The number of hydrogen-bond acceptors (Lipinski definition) is 5. The van der Waals surface area contributed by atoms with Gasteiger partial charge in [-0.05, 0) is 63.8 Å². The Morgan fingerprint density at radius 2 is 1.93 bits per heavy atom. The summed E-state index contributed by atoms with van der Waals surface area (Å²) in [6.07, 6.45) is 5.79. The third-order valence-corrected chi connectivity index (χ3v) is 5.69. The molecule has 0 aliphatic heterocycles. The Kier molecular flexibility index (Phi) is 12.3. The number of rotatable bonds is 14. The van der Waals surface area contributed by atoms with E-state index in [1.54, 1.807) is 11.3 Å². The number of thiophene rings is 1. The smallest absolute Gasteiger partial charge is 0.407 e. The van der Waals surface area contributed by atoms with Crippen molar-refractivity contribution in [2.45, 2.75) is 104 Å². The van der Waals surface area contributed by atoms with Gasteiger partial charge in [-0.2, -0.15) is 0 Å². The van der Waals surface area contributed by atoms with Gasteiger partial charge in [0, 0.05) is 23.9 Å². The van der Waals surface area contributed by atoms with Gasteiger partial charge in [0.15, 0.2) is 0 Å². The van der Waals surface area contributed by atoms with Crippen molar-refractivity contribution in [1.29, 1.82) is 0 Å². The monoisotopic (exact) mass is 438 g/mol. The van der Waals surface area contributed by atoms with E-state index in [2.05, 4.69) is 48.9 Å². The Balaban J connectivity index is 2.60. The topological polar surface area (TPSA) is 67.4 Å². The molecule has 5 nitrogen and oxygen atoms in total. The summed E-state index contributed by atoms with van der Waals surface area (Å²) in [4.78, 5) is 26.4. The second-order valence-corrected chi connectivity index (χ2v) is 10.5. The number of carbonyl (C=O) groups is 2. The van der Waals surface area contributed by atoms with E-state index >= 15 is 0 Å². The molecule has 0 saturated carbocycles. The minimum atomic E-state index is -0.526. The second kappa shape index (κ2) is 13.8. The molecule has 1 aromatic rings. The fraction of sp³-hybridized carbons (Fsp3) is 0.750. The number of Topliss-reactive ketones (excluding diaryl/α,β-unsaturated/α-hetero) is 1. The number of alkyl carbamates (subject to hydrolysis) is 1. The molecule has 1 heterocycles. The van der Waals surface area contributed by atoms with Gasteiger partial charge in [0.05, 0.1) is 6.04 Å². The van der Waals surface area contributed by atoms with Gasteiger partial charge in [-0.1, -0.05) is 39.7 Å². The van der Waals surface area contributed by atoms with E-state index in [1.807, 2.05) is 20.8 Å². The minimum absolute atomic E-state index is 0.0668. The van der Waals surface area contributed by atoms with Gasteiger partial charge in [-0.3, -0.25) is 4.79 Å². The summed E-state index contributed by atoms with van der Waals surface area (Å²) in [5.41, 5.74) is -0.526. The van der Waals surface area contributed by atoms with Crippen LogP contribution in [-0.4, -0.2) is 36.1 Å². The van der Waals surface area contributed by atoms with E-state index in [0.29, 0.717) is 18.9 Å². The van der Waals surface area contributed by atoms with Gasteiger partial charge in [0.1, 0.15) is 11.4 Å². The third kappa shape index (κ3) is 12.3. The highest BCUT2D eigenvalue weighted by Crippen LogP contribution is 2.14. The normalized spacial score (nSPS) is 13.8. The Morgan fingerprint density at radius 3 is 2.50 bits per heavy atom. The SMILES string of the molecule is CCCC[C@H](NC[C@@H](CC(C)C)NC(=O)OC(C)(C)C)C(=O)CCCc1cccs1. The third-order valence-electron chi connectivity index (χ3n) is 4.75. The zero-order valence-corrected chi connectivity index (χ0v) is 20.6. The van der Waals surface area contributed by atoms with Crippen molar-refractivity contribution >= 4 is 23.2 Å². The Bertz CT molecular complexity index is 608. The number of ether oxygens (including phenoxy) is 1. The van der Waals surface area contributed by atoms with Crippen molar-refractivity contribution in [2.75, 3.05) is 6.54 Å². The molecule has 1 aromatic heterocycles. The van der Waals surface area contributed by atoms with Crippen LogP contribution in [0.2, 0.25) is 0 Å². The van der Waals surface area contributed by atoms with Crippen LogP contribution in [0.15, 0.2) is 17.5 Å². The number of nitrogens with one attached hydrogen (secondary N) is 2. The lowest BCUT2D eigenvalue weighted by molar-refractivity contribution is -0.121. The van der Waals surface area contributed by atoms with Crippen LogP contribution >= 0.6 is 11.3 Å². The highest BCUT2D eigenvalue weighted by atomic mass is 32.1. The number of amides is 1. The fourth-order valence-electron chi connectivity index (χ4n) is 3.37. The van der Waals surface area contributed by atoms with Gasteiger partial charge in [0.2, 0.25) is 0 Å². The maximum atomic E-state index is 12.9. The highest BCUT2D eigenvalue weighted by Gasteiger charge is 2.23. The molecule has 1 rings (SSSR count). The van der Waals surface area contributed by atoms with Crippen LogP contribution in [-0.2, 0) is 16.0 Å². The first-order chi connectivity index (χ1) is 14.1. The number of aryl methyl sites for hydroxylation is 1. The lowest BCUT2D eigenvalue weighted by atomic mass is 9.99. The molecular formula is C24H42N2O3S. The Hall–Kier alpha value is -1.40. The van der Waals surface area contributed by atoms with Crippen LogP contribution in [0, 0.1) is 5.92 Å². The van der Waals surface area contributed by atoms with Crippen LogP contribution < -0.4 is 10.6 Å². The van der Waals surface area contributed by atoms with Crippen molar-refractivity contribution in [1.82, 2.24) is 10.6 Å². The molecule has 0 radical (unpaired) electrons. The molecule has 1 amide bonds. The average Bonchev–Trinajstić information content (AvgIpc) is 3.12. The maximum absolute atomic E-state index is 12.9. The first kappa shape index (κ1) is 26.6. The van der Waals surface area contributed by atoms with Crippen molar-refractivity contribution in [2.24, 2.45) is 5.92 Å². The molecule has 0 aliphatic rings. The molecule has 0 fully saturated rings. The van der Waals surface area contributed by atoms with Crippen molar-refractivity contribution in [3.05, 3.63) is 22.4 Å². The fourth-order valence-corrected chi connectivity index (χ4v) is 4.12. The number of hydrogen-bond donors (Lipinski definition) is 2. The lowest BCUT2D eigenvalue weighted by Crippen LogP contribution is -2.48. The van der Waals surface area contributed by atoms with Gasteiger partial charge in [-0.25, -0.2) is 4.79 Å². The molecule has 0 aliphatic carbocycles.